The fourth-order valence-corrected chi connectivity index (χ4v) is 2.37. The molecule has 0 aromatic heterocycles. The topological polar surface area (TPSA) is 52.6 Å². The van der Waals surface area contributed by atoms with Crippen molar-refractivity contribution in [2.45, 2.75) is 32.4 Å². The zero-order valence-electron chi connectivity index (χ0n) is 10.9. The van der Waals surface area contributed by atoms with Gasteiger partial charge in [-0.1, -0.05) is 24.3 Å². The predicted octanol–water partition coefficient (Wildman–Crippen LogP) is 1.88. The van der Waals surface area contributed by atoms with Crippen LogP contribution in [0.5, 0.6) is 0 Å². The van der Waals surface area contributed by atoms with E-state index in [0.717, 1.165) is 6.42 Å². The zero-order valence-corrected chi connectivity index (χ0v) is 10.9. The molecule has 0 spiro atoms. The Morgan fingerprint density at radius 2 is 2.17 bits per heavy atom. The molecule has 1 amide bonds. The predicted molar refractivity (Wildman–Crippen MR) is 70.9 cm³/mol. The van der Waals surface area contributed by atoms with Gasteiger partial charge in [-0.15, -0.1) is 0 Å². The van der Waals surface area contributed by atoms with Crippen LogP contribution in [0.25, 0.3) is 0 Å². The van der Waals surface area contributed by atoms with Crippen molar-refractivity contribution >= 4 is 6.09 Å². The van der Waals surface area contributed by atoms with Gasteiger partial charge >= 0.3 is 6.09 Å². The lowest BCUT2D eigenvalue weighted by Crippen LogP contribution is -2.61. The van der Waals surface area contributed by atoms with Crippen LogP contribution in [-0.4, -0.2) is 41.3 Å². The maximum Gasteiger partial charge on any atom is 0.407 e. The monoisotopic (exact) mass is 248 g/mol. The molecular formula is C14H20N2O2. The molecule has 4 heteroatoms. The summed E-state index contributed by atoms with van der Waals surface area (Å²) in [6.07, 6.45) is 0.163. The molecule has 1 fully saturated rings. The van der Waals surface area contributed by atoms with Crippen molar-refractivity contribution in [2.75, 3.05) is 13.1 Å². The Balaban J connectivity index is 1.78. The lowest BCUT2D eigenvalue weighted by Gasteiger charge is -2.39. The summed E-state index contributed by atoms with van der Waals surface area (Å²) in [5.74, 6) is 0. The smallest absolute Gasteiger partial charge is 0.407 e. The summed E-state index contributed by atoms with van der Waals surface area (Å²) in [6, 6.07) is 9.06. The minimum atomic E-state index is -0.820. The highest BCUT2D eigenvalue weighted by Gasteiger charge is 2.30. The molecule has 4 nitrogen and oxygen atoms in total. The third-order valence-corrected chi connectivity index (χ3v) is 3.46. The van der Waals surface area contributed by atoms with Crippen LogP contribution in [0.15, 0.2) is 24.3 Å². The first-order valence-electron chi connectivity index (χ1n) is 6.34. The fraction of sp³-hybridized carbons (Fsp3) is 0.500. The normalized spacial score (nSPS) is 17.3. The average molecular weight is 248 g/mol. The summed E-state index contributed by atoms with van der Waals surface area (Å²) in [6.45, 7) is 5.48. The number of nitrogens with zero attached hydrogens (tertiary/aromatic N) is 1. The second-order valence-corrected chi connectivity index (χ2v) is 5.08. The van der Waals surface area contributed by atoms with E-state index in [-0.39, 0.29) is 0 Å². The molecular weight excluding hydrogens is 228 g/mol. The molecule has 0 bridgehead atoms. The molecule has 18 heavy (non-hydrogen) atoms. The molecule has 98 valence electrons. The summed E-state index contributed by atoms with van der Waals surface area (Å²) >= 11 is 0. The molecule has 1 atom stereocenters. The minimum absolute atomic E-state index is 0.306. The van der Waals surface area contributed by atoms with Gasteiger partial charge in [-0.25, -0.2) is 4.79 Å². The molecule has 1 aliphatic heterocycles. The minimum Gasteiger partial charge on any atom is -0.465 e. The number of carboxylic acid groups (broad SMARTS) is 1. The van der Waals surface area contributed by atoms with E-state index >= 15 is 0 Å². The van der Waals surface area contributed by atoms with Crippen molar-refractivity contribution in [1.29, 1.82) is 0 Å². The van der Waals surface area contributed by atoms with E-state index in [1.165, 1.54) is 16.0 Å². The average Bonchev–Trinajstić information content (AvgIpc) is 2.25. The number of hydrogen-bond acceptors (Lipinski definition) is 2. The summed E-state index contributed by atoms with van der Waals surface area (Å²) in [4.78, 5) is 12.1. The standard InChI is InChI=1S/C14H20N2O2/c1-10-5-3-4-6-12(10)7-11(2)15-13-8-16(9-13)14(17)18/h3-6,11,13,15H,7-9H2,1-2H3,(H,17,18). The lowest BCUT2D eigenvalue weighted by molar-refractivity contribution is 0.0926. The second-order valence-electron chi connectivity index (χ2n) is 5.08. The van der Waals surface area contributed by atoms with Gasteiger partial charge < -0.3 is 15.3 Å². The molecule has 0 aliphatic carbocycles. The Kier molecular flexibility index (Phi) is 3.87. The first-order valence-corrected chi connectivity index (χ1v) is 6.34. The number of amides is 1. The van der Waals surface area contributed by atoms with Crippen LogP contribution in [0.1, 0.15) is 18.1 Å². The van der Waals surface area contributed by atoms with Crippen LogP contribution in [-0.2, 0) is 6.42 Å². The molecule has 1 saturated heterocycles. The molecule has 1 unspecified atom stereocenters. The lowest BCUT2D eigenvalue weighted by atomic mass is 10.0. The Hall–Kier alpha value is -1.55. The van der Waals surface area contributed by atoms with Crippen molar-refractivity contribution < 1.29 is 9.90 Å². The van der Waals surface area contributed by atoms with Crippen LogP contribution in [0, 0.1) is 6.92 Å². The summed E-state index contributed by atoms with van der Waals surface area (Å²) in [7, 11) is 0. The van der Waals surface area contributed by atoms with Crippen LogP contribution in [0.3, 0.4) is 0 Å². The first kappa shape index (κ1) is 12.9. The molecule has 1 aromatic rings. The van der Waals surface area contributed by atoms with Crippen LogP contribution in [0.4, 0.5) is 4.79 Å². The van der Waals surface area contributed by atoms with Crippen molar-refractivity contribution in [3.63, 3.8) is 0 Å². The fourth-order valence-electron chi connectivity index (χ4n) is 2.37. The van der Waals surface area contributed by atoms with Gasteiger partial charge in [-0.3, -0.25) is 0 Å². The first-order chi connectivity index (χ1) is 8.56. The highest BCUT2D eigenvalue weighted by atomic mass is 16.4. The van der Waals surface area contributed by atoms with E-state index in [4.69, 9.17) is 5.11 Å². The Morgan fingerprint density at radius 3 is 2.78 bits per heavy atom. The van der Waals surface area contributed by atoms with Crippen LogP contribution >= 0.6 is 0 Å². The van der Waals surface area contributed by atoms with Gasteiger partial charge in [0.15, 0.2) is 0 Å². The Bertz CT molecular complexity index is 428. The highest BCUT2D eigenvalue weighted by Crippen LogP contribution is 2.12. The third-order valence-electron chi connectivity index (χ3n) is 3.46. The second kappa shape index (κ2) is 5.40. The van der Waals surface area contributed by atoms with E-state index in [2.05, 4.69) is 37.4 Å². The molecule has 1 aromatic carbocycles. The number of benzene rings is 1. The maximum absolute atomic E-state index is 10.6. The van der Waals surface area contributed by atoms with E-state index in [0.29, 0.717) is 25.2 Å². The van der Waals surface area contributed by atoms with Gasteiger partial charge in [0.2, 0.25) is 0 Å². The maximum atomic E-state index is 10.6. The van der Waals surface area contributed by atoms with Crippen LogP contribution in [0.2, 0.25) is 0 Å². The molecule has 0 radical (unpaired) electrons. The molecule has 1 heterocycles. The van der Waals surface area contributed by atoms with Gasteiger partial charge in [0.05, 0.1) is 0 Å². The number of likely N-dealkylation sites (tertiary alicyclic amines) is 1. The number of aryl methyl sites for hydroxylation is 1. The molecule has 2 N–H and O–H groups in total. The van der Waals surface area contributed by atoms with Gasteiger partial charge in [0.25, 0.3) is 0 Å². The summed E-state index contributed by atoms with van der Waals surface area (Å²) in [5.41, 5.74) is 2.67. The van der Waals surface area contributed by atoms with E-state index in [1.54, 1.807) is 0 Å². The van der Waals surface area contributed by atoms with Crippen molar-refractivity contribution in [1.82, 2.24) is 10.2 Å². The van der Waals surface area contributed by atoms with E-state index in [1.807, 2.05) is 6.07 Å². The number of carbonyl (C=O) groups is 1. The van der Waals surface area contributed by atoms with Crippen molar-refractivity contribution in [2.24, 2.45) is 0 Å². The highest BCUT2D eigenvalue weighted by molar-refractivity contribution is 5.66. The van der Waals surface area contributed by atoms with Gasteiger partial charge in [0.1, 0.15) is 0 Å². The Labute approximate surface area is 108 Å². The summed E-state index contributed by atoms with van der Waals surface area (Å²) in [5, 5.41) is 12.2. The molecule has 2 rings (SSSR count). The van der Waals surface area contributed by atoms with Gasteiger partial charge in [-0.2, -0.15) is 0 Å². The number of hydrogen-bond donors (Lipinski definition) is 2. The third kappa shape index (κ3) is 3.01. The number of nitrogens with one attached hydrogen (secondary N) is 1. The number of rotatable bonds is 4. The SMILES string of the molecule is Cc1ccccc1CC(C)NC1CN(C(=O)O)C1. The van der Waals surface area contributed by atoms with Crippen LogP contribution < -0.4 is 5.32 Å². The Morgan fingerprint density at radius 1 is 1.50 bits per heavy atom. The quantitative estimate of drug-likeness (QED) is 0.855. The summed E-state index contributed by atoms with van der Waals surface area (Å²) < 4.78 is 0. The van der Waals surface area contributed by atoms with Gasteiger partial charge in [0, 0.05) is 25.2 Å². The largest absolute Gasteiger partial charge is 0.465 e. The van der Waals surface area contributed by atoms with E-state index in [9.17, 15) is 4.79 Å². The zero-order chi connectivity index (χ0) is 13.1. The van der Waals surface area contributed by atoms with E-state index < -0.39 is 6.09 Å². The molecule has 0 saturated carbocycles. The molecule has 1 aliphatic rings. The van der Waals surface area contributed by atoms with Crippen molar-refractivity contribution in [3.05, 3.63) is 35.4 Å². The van der Waals surface area contributed by atoms with Crippen molar-refractivity contribution in [3.8, 4) is 0 Å². The van der Waals surface area contributed by atoms with Gasteiger partial charge in [-0.05, 0) is 31.4 Å².